The van der Waals surface area contributed by atoms with E-state index in [1.165, 1.54) is 38.1 Å². The Morgan fingerprint density at radius 2 is 0.836 bits per heavy atom. The molecule has 0 fully saturated rings. The Morgan fingerprint density at radius 3 is 1.40 bits per heavy atom. The summed E-state index contributed by atoms with van der Waals surface area (Å²) in [4.78, 5) is 8.20. The molecule has 9 aromatic carbocycles. The third-order valence-electron chi connectivity index (χ3n) is 10.5. The van der Waals surface area contributed by atoms with E-state index < -0.39 is 0 Å². The zero-order chi connectivity index (χ0) is 36.7. The van der Waals surface area contributed by atoms with E-state index in [0.29, 0.717) is 5.69 Å². The van der Waals surface area contributed by atoms with E-state index in [9.17, 15) is 0 Å². The zero-order valence-electron chi connectivity index (χ0n) is 29.9. The minimum Gasteiger partial charge on any atom is -0.311 e. The first kappa shape index (κ1) is 32.1. The second-order valence-corrected chi connectivity index (χ2v) is 13.7. The van der Waals surface area contributed by atoms with Crippen LogP contribution in [0.15, 0.2) is 206 Å². The van der Waals surface area contributed by atoms with E-state index in [2.05, 4.69) is 195 Å². The fourth-order valence-electron chi connectivity index (χ4n) is 8.12. The molecule has 0 aliphatic rings. The Hall–Kier alpha value is -7.61. The lowest BCUT2D eigenvalue weighted by molar-refractivity contribution is 1.18. The van der Waals surface area contributed by atoms with Crippen LogP contribution in [-0.4, -0.2) is 4.57 Å². The molecule has 1 aromatic heterocycles. The van der Waals surface area contributed by atoms with E-state index in [0.717, 1.165) is 45.4 Å². The predicted octanol–water partition coefficient (Wildman–Crippen LogP) is 14.5. The molecule has 0 spiro atoms. The Labute approximate surface area is 320 Å². The summed E-state index contributed by atoms with van der Waals surface area (Å²) in [5.74, 6) is 0. The van der Waals surface area contributed by atoms with Gasteiger partial charge in [0.15, 0.2) is 5.69 Å². The second-order valence-electron chi connectivity index (χ2n) is 13.7. The molecule has 0 aliphatic carbocycles. The molecule has 0 radical (unpaired) electrons. The minimum atomic E-state index is 0.626. The largest absolute Gasteiger partial charge is 0.311 e. The van der Waals surface area contributed by atoms with Gasteiger partial charge >= 0.3 is 0 Å². The van der Waals surface area contributed by atoms with Crippen molar-refractivity contribution in [1.29, 1.82) is 0 Å². The number of hydrogen-bond acceptors (Lipinski definition) is 2. The molecule has 1 heterocycles. The summed E-state index contributed by atoms with van der Waals surface area (Å²) in [5, 5.41) is 4.93. The Morgan fingerprint density at radius 1 is 0.382 bits per heavy atom. The van der Waals surface area contributed by atoms with E-state index in [1.54, 1.807) is 0 Å². The maximum Gasteiger partial charge on any atom is 0.187 e. The van der Waals surface area contributed by atoms with Gasteiger partial charge in [-0.3, -0.25) is 0 Å². The maximum absolute atomic E-state index is 7.44. The average molecular weight is 703 g/mol. The van der Waals surface area contributed by atoms with Gasteiger partial charge in [0.2, 0.25) is 0 Å². The summed E-state index contributed by atoms with van der Waals surface area (Å²) in [7, 11) is 0. The van der Waals surface area contributed by atoms with Crippen LogP contribution >= 0.6 is 0 Å². The quantitative estimate of drug-likeness (QED) is 0.116. The molecule has 0 N–H and O–H groups in total. The summed E-state index contributed by atoms with van der Waals surface area (Å²) in [6.07, 6.45) is 0. The van der Waals surface area contributed by atoms with Gasteiger partial charge in [-0.15, -0.1) is 0 Å². The van der Waals surface area contributed by atoms with Gasteiger partial charge in [-0.25, -0.2) is 4.85 Å². The highest BCUT2D eigenvalue weighted by Gasteiger charge is 2.23. The molecule has 10 aromatic rings. The maximum atomic E-state index is 7.44. The standard InChI is InChI=1S/C51H34N4/c1-52-37-24-28-43(29-25-37)53(38-14-6-2-7-15-38)42-26-22-36(23-27-42)44-32-33-48-50-45(44)30-31-46-47(34-35-49(51(46)50)55(48)41-20-12-5-13-21-41)54(39-16-8-3-9-17-39)40-18-10-4-11-19-40/h2-35H. The van der Waals surface area contributed by atoms with Crippen molar-refractivity contribution in [2.24, 2.45) is 0 Å². The lowest BCUT2D eigenvalue weighted by Gasteiger charge is -2.27. The summed E-state index contributed by atoms with van der Waals surface area (Å²) in [6, 6.07) is 72.7. The van der Waals surface area contributed by atoms with Crippen LogP contribution in [0, 0.1) is 6.57 Å². The summed E-state index contributed by atoms with van der Waals surface area (Å²) < 4.78 is 2.41. The molecular weight excluding hydrogens is 669 g/mol. The van der Waals surface area contributed by atoms with Crippen LogP contribution < -0.4 is 9.80 Å². The number of anilines is 6. The lowest BCUT2D eigenvalue weighted by atomic mass is 9.93. The van der Waals surface area contributed by atoms with E-state index >= 15 is 0 Å². The highest BCUT2D eigenvalue weighted by atomic mass is 15.1. The molecule has 0 amide bonds. The van der Waals surface area contributed by atoms with Crippen LogP contribution in [0.1, 0.15) is 0 Å². The van der Waals surface area contributed by atoms with Gasteiger partial charge in [0.25, 0.3) is 0 Å². The lowest BCUT2D eigenvalue weighted by Crippen LogP contribution is -2.10. The first-order valence-electron chi connectivity index (χ1n) is 18.5. The Kier molecular flexibility index (Phi) is 7.83. The smallest absolute Gasteiger partial charge is 0.187 e. The van der Waals surface area contributed by atoms with Gasteiger partial charge in [-0.05, 0) is 108 Å². The topological polar surface area (TPSA) is 15.8 Å². The SMILES string of the molecule is [C-]#[N+]c1ccc(N(c2ccccc2)c2ccc(-c3ccc4c5c3ccc3c(N(c6ccccc6)c6ccccc6)ccc(c35)n4-c3ccccc3)cc2)cc1. The highest BCUT2D eigenvalue weighted by Crippen LogP contribution is 2.48. The van der Waals surface area contributed by atoms with Crippen molar-refractivity contribution in [3.8, 4) is 16.8 Å². The molecule has 55 heavy (non-hydrogen) atoms. The van der Waals surface area contributed by atoms with Crippen molar-refractivity contribution in [3.63, 3.8) is 0 Å². The molecule has 258 valence electrons. The molecule has 0 atom stereocenters. The van der Waals surface area contributed by atoms with Crippen molar-refractivity contribution in [3.05, 3.63) is 218 Å². The monoisotopic (exact) mass is 702 g/mol. The summed E-state index contributed by atoms with van der Waals surface area (Å²) >= 11 is 0. The van der Waals surface area contributed by atoms with Crippen LogP contribution in [-0.2, 0) is 0 Å². The minimum absolute atomic E-state index is 0.626. The fraction of sp³-hybridized carbons (Fsp3) is 0. The second kappa shape index (κ2) is 13.4. The van der Waals surface area contributed by atoms with Crippen molar-refractivity contribution < 1.29 is 0 Å². The van der Waals surface area contributed by atoms with Crippen molar-refractivity contribution in [1.82, 2.24) is 4.57 Å². The fourth-order valence-corrected chi connectivity index (χ4v) is 8.12. The van der Waals surface area contributed by atoms with Crippen LogP contribution in [0.5, 0.6) is 0 Å². The van der Waals surface area contributed by atoms with Crippen molar-refractivity contribution >= 4 is 72.4 Å². The zero-order valence-corrected chi connectivity index (χ0v) is 29.9. The predicted molar refractivity (Wildman–Crippen MR) is 231 cm³/mol. The van der Waals surface area contributed by atoms with Gasteiger partial charge in [0.1, 0.15) is 0 Å². The molecule has 0 saturated carbocycles. The molecule has 4 nitrogen and oxygen atoms in total. The Bertz CT molecular complexity index is 2910. The van der Waals surface area contributed by atoms with E-state index in [-0.39, 0.29) is 0 Å². The number of rotatable bonds is 8. The first-order chi connectivity index (χ1) is 27.3. The van der Waals surface area contributed by atoms with E-state index in [4.69, 9.17) is 6.57 Å². The van der Waals surface area contributed by atoms with Crippen molar-refractivity contribution in [2.75, 3.05) is 9.80 Å². The summed E-state index contributed by atoms with van der Waals surface area (Å²) in [6.45, 7) is 7.44. The number of nitrogens with zero attached hydrogens (tertiary/aromatic N) is 4. The van der Waals surface area contributed by atoms with Gasteiger partial charge in [-0.1, -0.05) is 115 Å². The molecule has 0 saturated heterocycles. The van der Waals surface area contributed by atoms with Crippen LogP contribution in [0.2, 0.25) is 0 Å². The van der Waals surface area contributed by atoms with Crippen LogP contribution in [0.3, 0.4) is 0 Å². The summed E-state index contributed by atoms with van der Waals surface area (Å²) in [5.41, 5.74) is 12.9. The number of hydrogen-bond donors (Lipinski definition) is 0. The van der Waals surface area contributed by atoms with Gasteiger partial charge in [0.05, 0.1) is 23.3 Å². The van der Waals surface area contributed by atoms with Gasteiger partial charge in [-0.2, -0.15) is 0 Å². The third-order valence-corrected chi connectivity index (χ3v) is 10.5. The molecular formula is C51H34N4. The van der Waals surface area contributed by atoms with Crippen molar-refractivity contribution in [2.45, 2.75) is 0 Å². The normalized spacial score (nSPS) is 11.3. The molecule has 0 bridgehead atoms. The number of benzene rings is 9. The molecule has 0 aliphatic heterocycles. The first-order valence-corrected chi connectivity index (χ1v) is 18.5. The third kappa shape index (κ3) is 5.46. The molecule has 4 heteroatoms. The van der Waals surface area contributed by atoms with Gasteiger partial charge < -0.3 is 14.4 Å². The number of aromatic nitrogens is 1. The molecule has 10 rings (SSSR count). The Balaban J connectivity index is 1.16. The van der Waals surface area contributed by atoms with Gasteiger partial charge in [0, 0.05) is 50.3 Å². The molecule has 0 unspecified atom stereocenters. The number of para-hydroxylation sites is 4. The van der Waals surface area contributed by atoms with Crippen LogP contribution in [0.25, 0.3) is 54.2 Å². The van der Waals surface area contributed by atoms with E-state index in [1.807, 2.05) is 30.3 Å². The van der Waals surface area contributed by atoms with Crippen LogP contribution in [0.4, 0.5) is 39.8 Å². The average Bonchev–Trinajstić information content (AvgIpc) is 3.61. The highest BCUT2D eigenvalue weighted by molar-refractivity contribution is 6.29.